The van der Waals surface area contributed by atoms with Gasteiger partial charge in [0, 0.05) is 23.1 Å². The second-order valence-corrected chi connectivity index (χ2v) is 6.11. The van der Waals surface area contributed by atoms with Crippen LogP contribution in [0.5, 0.6) is 5.75 Å². The van der Waals surface area contributed by atoms with Gasteiger partial charge in [0.25, 0.3) is 5.69 Å². The van der Waals surface area contributed by atoms with E-state index in [1.165, 1.54) is 6.07 Å². The number of hydrogen-bond donors (Lipinski definition) is 0. The summed E-state index contributed by atoms with van der Waals surface area (Å²) < 4.78 is 5.22. The highest BCUT2D eigenvalue weighted by Gasteiger charge is 2.13. The number of nitrogens with zero attached hydrogens (tertiary/aromatic N) is 2. The lowest BCUT2D eigenvalue weighted by Crippen LogP contribution is -3.00. The van der Waals surface area contributed by atoms with Crippen LogP contribution in [0.3, 0.4) is 0 Å². The largest absolute Gasteiger partial charge is 1.00 e. The summed E-state index contributed by atoms with van der Waals surface area (Å²) >= 11 is 0. The van der Waals surface area contributed by atoms with E-state index in [2.05, 4.69) is 0 Å². The second kappa shape index (κ2) is 8.06. The smallest absolute Gasteiger partial charge is 0.270 e. The normalized spacial score (nSPS) is 10.3. The molecule has 0 radical (unpaired) electrons. The summed E-state index contributed by atoms with van der Waals surface area (Å²) in [6.07, 6.45) is 0. The van der Waals surface area contributed by atoms with E-state index >= 15 is 0 Å². The van der Waals surface area contributed by atoms with Gasteiger partial charge in [-0.15, -0.1) is 0 Å². The Morgan fingerprint density at radius 3 is 2.25 bits per heavy atom. The predicted octanol–water partition coefficient (Wildman–Crippen LogP) is 2.49. The van der Waals surface area contributed by atoms with Crippen molar-refractivity contribution >= 4 is 16.6 Å². The molecule has 0 N–H and O–H groups in total. The lowest BCUT2D eigenvalue weighted by molar-refractivity contribution is -0.384. The monoisotopic (exact) mass is 391 g/mol. The fourth-order valence-corrected chi connectivity index (χ4v) is 3.09. The third-order valence-corrected chi connectivity index (χ3v) is 4.47. The molecule has 0 fully saturated rings. The van der Waals surface area contributed by atoms with Gasteiger partial charge in [0.15, 0.2) is 0 Å². The quantitative estimate of drug-likeness (QED) is 0.396. The molecule has 0 bridgehead atoms. The van der Waals surface area contributed by atoms with Gasteiger partial charge in [-0.1, -0.05) is 30.3 Å². The zero-order chi connectivity index (χ0) is 18.8. The minimum Gasteiger partial charge on any atom is -1.00 e. The van der Waals surface area contributed by atoms with Gasteiger partial charge < -0.3 is 17.1 Å². The molecule has 6 heteroatoms. The van der Waals surface area contributed by atoms with Crippen LogP contribution in [-0.2, 0) is 0 Å². The Balaban J connectivity index is 0.00000225. The van der Waals surface area contributed by atoms with Crippen molar-refractivity contribution in [1.82, 2.24) is 4.98 Å². The molecule has 0 atom stereocenters. The number of halogens is 1. The number of fused-ring (bicyclic) bond motifs is 1. The van der Waals surface area contributed by atoms with Crippen LogP contribution in [0.15, 0.2) is 78.9 Å². The van der Waals surface area contributed by atoms with Crippen LogP contribution in [0.1, 0.15) is 0 Å². The van der Waals surface area contributed by atoms with E-state index in [1.807, 2.05) is 60.7 Å². The summed E-state index contributed by atoms with van der Waals surface area (Å²) in [6.45, 7) is 0. The van der Waals surface area contributed by atoms with Crippen LogP contribution in [0.25, 0.3) is 33.3 Å². The second-order valence-electron chi connectivity index (χ2n) is 6.11. The van der Waals surface area contributed by atoms with Gasteiger partial charge in [-0.2, -0.15) is 0 Å². The van der Waals surface area contributed by atoms with Crippen molar-refractivity contribution in [3.8, 4) is 28.1 Å². The van der Waals surface area contributed by atoms with Crippen LogP contribution in [0.4, 0.5) is 5.69 Å². The molecule has 0 saturated heterocycles. The number of methoxy groups -OCH3 is 1. The number of nitro groups is 1. The molecule has 0 amide bonds. The molecule has 0 unspecified atom stereocenters. The van der Waals surface area contributed by atoms with Crippen LogP contribution in [0.2, 0.25) is 0 Å². The molecular weight excluding hydrogens is 376 g/mol. The number of aromatic nitrogens is 1. The van der Waals surface area contributed by atoms with E-state index in [1.54, 1.807) is 19.2 Å². The molecule has 4 aromatic rings. The van der Waals surface area contributed by atoms with Gasteiger partial charge in [-0.25, -0.2) is 4.98 Å². The van der Waals surface area contributed by atoms with Gasteiger partial charge in [-0.3, -0.25) is 10.1 Å². The topological polar surface area (TPSA) is 65.3 Å². The number of non-ortho nitro benzene ring substituents is 1. The van der Waals surface area contributed by atoms with E-state index in [0.717, 1.165) is 33.5 Å². The third-order valence-electron chi connectivity index (χ3n) is 4.47. The van der Waals surface area contributed by atoms with Crippen molar-refractivity contribution in [2.45, 2.75) is 0 Å². The maximum Gasteiger partial charge on any atom is 0.270 e. The highest BCUT2D eigenvalue weighted by molar-refractivity contribution is 5.97. The van der Waals surface area contributed by atoms with Crippen molar-refractivity contribution in [3.63, 3.8) is 0 Å². The Morgan fingerprint density at radius 1 is 0.893 bits per heavy atom. The molecule has 0 aliphatic rings. The van der Waals surface area contributed by atoms with Crippen molar-refractivity contribution in [3.05, 3.63) is 89.0 Å². The average Bonchev–Trinajstić information content (AvgIpc) is 2.73. The number of hydrogen-bond acceptors (Lipinski definition) is 4. The van der Waals surface area contributed by atoms with Crippen molar-refractivity contribution in [2.75, 3.05) is 7.11 Å². The molecular formula is C22H16ClN2O3-. The molecule has 1 heterocycles. The third kappa shape index (κ3) is 3.66. The lowest BCUT2D eigenvalue weighted by atomic mass is 9.98. The first-order chi connectivity index (χ1) is 13.2. The molecule has 0 spiro atoms. The average molecular weight is 392 g/mol. The predicted molar refractivity (Wildman–Crippen MR) is 106 cm³/mol. The standard InChI is InChI=1S/C22H16N2O3.ClH/c1-27-18-10-7-16(8-11-18)22-14-19(15-5-3-2-4-6-15)20-13-17(24(25)26)9-12-21(20)23-22;/h2-14H,1H3;1H/p-1. The first-order valence-corrected chi connectivity index (χ1v) is 8.45. The van der Waals surface area contributed by atoms with Crippen molar-refractivity contribution in [2.24, 2.45) is 0 Å². The van der Waals surface area contributed by atoms with Crippen LogP contribution in [0, 0.1) is 10.1 Å². The lowest BCUT2D eigenvalue weighted by Gasteiger charge is -2.11. The fourth-order valence-electron chi connectivity index (χ4n) is 3.09. The van der Waals surface area contributed by atoms with E-state index in [0.29, 0.717) is 5.52 Å². The van der Waals surface area contributed by atoms with Crippen LogP contribution >= 0.6 is 0 Å². The van der Waals surface area contributed by atoms with Crippen molar-refractivity contribution < 1.29 is 22.1 Å². The van der Waals surface area contributed by atoms with Crippen LogP contribution in [-0.4, -0.2) is 17.0 Å². The molecule has 0 aliphatic heterocycles. The van der Waals surface area contributed by atoms with Gasteiger partial charge in [0.1, 0.15) is 5.75 Å². The first-order valence-electron chi connectivity index (χ1n) is 8.45. The summed E-state index contributed by atoms with van der Waals surface area (Å²) in [6, 6.07) is 24.3. The summed E-state index contributed by atoms with van der Waals surface area (Å²) in [5.74, 6) is 0.776. The SMILES string of the molecule is COc1ccc(-c2cc(-c3ccccc3)c3cc([N+](=O)[O-])ccc3n2)cc1.[Cl-]. The number of ether oxygens (including phenoxy) is 1. The zero-order valence-corrected chi connectivity index (χ0v) is 15.8. The minimum atomic E-state index is -0.383. The maximum atomic E-state index is 11.2. The number of rotatable bonds is 4. The molecule has 4 rings (SSSR count). The Labute approximate surface area is 168 Å². The molecule has 3 aromatic carbocycles. The molecule has 0 saturated carbocycles. The molecule has 0 aliphatic carbocycles. The number of benzene rings is 3. The van der Waals surface area contributed by atoms with Gasteiger partial charge in [0.2, 0.25) is 0 Å². The summed E-state index contributed by atoms with van der Waals surface area (Å²) in [4.78, 5) is 15.6. The molecule has 5 nitrogen and oxygen atoms in total. The van der Waals surface area contributed by atoms with E-state index in [9.17, 15) is 10.1 Å². The summed E-state index contributed by atoms with van der Waals surface area (Å²) in [7, 11) is 1.63. The Hall–Kier alpha value is -3.44. The highest BCUT2D eigenvalue weighted by Crippen LogP contribution is 2.34. The Morgan fingerprint density at radius 2 is 1.61 bits per heavy atom. The highest BCUT2D eigenvalue weighted by atomic mass is 35.5. The zero-order valence-electron chi connectivity index (χ0n) is 15.0. The number of nitro benzene ring substituents is 1. The molecule has 140 valence electrons. The summed E-state index contributed by atoms with van der Waals surface area (Å²) in [5.41, 5.74) is 4.42. The van der Waals surface area contributed by atoms with Gasteiger partial charge in [-0.05, 0) is 47.5 Å². The Kier molecular flexibility index (Phi) is 5.57. The fraction of sp³-hybridized carbons (Fsp3) is 0.0455. The van der Waals surface area contributed by atoms with E-state index in [-0.39, 0.29) is 23.0 Å². The van der Waals surface area contributed by atoms with Crippen LogP contribution < -0.4 is 17.1 Å². The Bertz CT molecular complexity index is 1130. The van der Waals surface area contributed by atoms with E-state index < -0.39 is 0 Å². The van der Waals surface area contributed by atoms with Gasteiger partial charge >= 0.3 is 0 Å². The van der Waals surface area contributed by atoms with Crippen molar-refractivity contribution in [1.29, 1.82) is 0 Å². The van der Waals surface area contributed by atoms with Gasteiger partial charge in [0.05, 0.1) is 23.2 Å². The molecule has 1 aromatic heterocycles. The first kappa shape index (κ1) is 19.3. The minimum absolute atomic E-state index is 0. The maximum absolute atomic E-state index is 11.2. The van der Waals surface area contributed by atoms with E-state index in [4.69, 9.17) is 9.72 Å². The number of pyridine rings is 1. The summed E-state index contributed by atoms with van der Waals surface area (Å²) in [5, 5.41) is 12.0. The molecule has 28 heavy (non-hydrogen) atoms.